The number of hydrogen-bond acceptors (Lipinski definition) is 5. The summed E-state index contributed by atoms with van der Waals surface area (Å²) in [5, 5.41) is 0.706. The highest BCUT2D eigenvalue weighted by Crippen LogP contribution is 2.34. The van der Waals surface area contributed by atoms with E-state index in [4.69, 9.17) is 0 Å². The number of para-hydroxylation sites is 2. The number of fused-ring (bicyclic) bond motifs is 1. The predicted octanol–water partition coefficient (Wildman–Crippen LogP) is 3.29. The summed E-state index contributed by atoms with van der Waals surface area (Å²) in [6.45, 7) is 1.79. The number of aryl methyl sites for hydroxylation is 1. The average Bonchev–Trinajstić information content (AvgIpc) is 2.60. The van der Waals surface area contributed by atoms with Gasteiger partial charge in [-0.1, -0.05) is 29.8 Å². The highest BCUT2D eigenvalue weighted by atomic mass is 32.2. The zero-order valence-electron chi connectivity index (χ0n) is 14.3. The lowest BCUT2D eigenvalue weighted by molar-refractivity contribution is -0.140. The lowest BCUT2D eigenvalue weighted by Gasteiger charge is -2.22. The first-order valence-electron chi connectivity index (χ1n) is 7.75. The number of nitrogens with one attached hydrogen (secondary N) is 1. The molecule has 0 radical (unpaired) electrons. The quantitative estimate of drug-likeness (QED) is 0.685. The van der Waals surface area contributed by atoms with Gasteiger partial charge >= 0.3 is 6.18 Å². The molecule has 0 spiro atoms. The lowest BCUT2D eigenvalue weighted by Crippen LogP contribution is -2.41. The maximum Gasteiger partial charge on any atom is 0.437 e. The van der Waals surface area contributed by atoms with Crippen LogP contribution in [0.4, 0.5) is 19.0 Å². The standard InChI is InChI=1S/C17H15F3N4O2S/c1-11-7-9-12(10-8-11)27(25,26)23-24(2)16-15(17(18,19)20)21-13-5-3-4-6-14(13)22-16/h3-10,23H,1-2H3. The van der Waals surface area contributed by atoms with Gasteiger partial charge in [0.05, 0.1) is 15.9 Å². The fraction of sp³-hybridized carbons (Fsp3) is 0.176. The number of hydrogen-bond donors (Lipinski definition) is 1. The van der Waals surface area contributed by atoms with E-state index in [2.05, 4.69) is 14.8 Å². The molecule has 0 aliphatic rings. The van der Waals surface area contributed by atoms with Crippen LogP contribution in [0.25, 0.3) is 11.0 Å². The molecule has 0 fully saturated rings. The Morgan fingerprint density at radius 3 is 2.07 bits per heavy atom. The number of sulfonamides is 1. The Bertz CT molecular complexity index is 1080. The highest BCUT2D eigenvalue weighted by Gasteiger charge is 2.38. The zero-order chi connectivity index (χ0) is 19.8. The Balaban J connectivity index is 2.04. The molecule has 27 heavy (non-hydrogen) atoms. The second-order valence-corrected chi connectivity index (χ2v) is 7.51. The number of rotatable bonds is 4. The van der Waals surface area contributed by atoms with E-state index in [1.807, 2.05) is 0 Å². The molecule has 0 bridgehead atoms. The highest BCUT2D eigenvalue weighted by molar-refractivity contribution is 7.89. The smallest absolute Gasteiger partial charge is 0.280 e. The first kappa shape index (κ1) is 19.1. The minimum absolute atomic E-state index is 0.0587. The third kappa shape index (κ3) is 4.01. The summed E-state index contributed by atoms with van der Waals surface area (Å²) in [6, 6.07) is 11.9. The second kappa shape index (κ2) is 6.78. The predicted molar refractivity (Wildman–Crippen MR) is 94.4 cm³/mol. The molecule has 3 rings (SSSR count). The Labute approximate surface area is 153 Å². The van der Waals surface area contributed by atoms with E-state index in [0.717, 1.165) is 12.6 Å². The van der Waals surface area contributed by atoms with Crippen molar-refractivity contribution in [2.45, 2.75) is 18.0 Å². The fourth-order valence-electron chi connectivity index (χ4n) is 2.41. The third-order valence-electron chi connectivity index (χ3n) is 3.73. The normalized spacial score (nSPS) is 12.3. The van der Waals surface area contributed by atoms with E-state index in [-0.39, 0.29) is 15.9 Å². The Morgan fingerprint density at radius 2 is 1.52 bits per heavy atom. The van der Waals surface area contributed by atoms with Crippen molar-refractivity contribution >= 4 is 26.9 Å². The van der Waals surface area contributed by atoms with Gasteiger partial charge in [0.25, 0.3) is 10.0 Å². The van der Waals surface area contributed by atoms with Gasteiger partial charge in [0.15, 0.2) is 11.5 Å². The van der Waals surface area contributed by atoms with Crippen molar-refractivity contribution in [3.63, 3.8) is 0 Å². The average molecular weight is 396 g/mol. The molecule has 0 aliphatic carbocycles. The van der Waals surface area contributed by atoms with Crippen LogP contribution in [-0.2, 0) is 16.2 Å². The van der Waals surface area contributed by atoms with Crippen molar-refractivity contribution in [3.8, 4) is 0 Å². The number of halogens is 3. The summed E-state index contributed by atoms with van der Waals surface area (Å²) in [5.74, 6) is -0.642. The van der Waals surface area contributed by atoms with Gasteiger partial charge in [0.2, 0.25) is 0 Å². The first-order valence-corrected chi connectivity index (χ1v) is 9.23. The molecule has 10 heteroatoms. The molecule has 3 aromatic rings. The largest absolute Gasteiger partial charge is 0.437 e. The number of anilines is 1. The number of aromatic nitrogens is 2. The molecule has 1 N–H and O–H groups in total. The molecule has 1 heterocycles. The Morgan fingerprint density at radius 1 is 0.963 bits per heavy atom. The molecule has 2 aromatic carbocycles. The Hall–Kier alpha value is -2.72. The minimum atomic E-state index is -4.81. The maximum atomic E-state index is 13.4. The summed E-state index contributed by atoms with van der Waals surface area (Å²) in [5.41, 5.74) is -0.164. The van der Waals surface area contributed by atoms with E-state index < -0.39 is 27.7 Å². The van der Waals surface area contributed by atoms with Gasteiger partial charge in [0.1, 0.15) is 0 Å². The van der Waals surface area contributed by atoms with Crippen molar-refractivity contribution in [1.29, 1.82) is 0 Å². The van der Waals surface area contributed by atoms with Crippen LogP contribution >= 0.6 is 0 Å². The summed E-state index contributed by atoms with van der Waals surface area (Å²) >= 11 is 0. The van der Waals surface area contributed by atoms with Gasteiger partial charge in [0, 0.05) is 7.05 Å². The van der Waals surface area contributed by atoms with Crippen molar-refractivity contribution in [1.82, 2.24) is 14.8 Å². The van der Waals surface area contributed by atoms with Crippen LogP contribution < -0.4 is 9.84 Å². The third-order valence-corrected chi connectivity index (χ3v) is 5.13. The molecular formula is C17H15F3N4O2S. The topological polar surface area (TPSA) is 75.2 Å². The number of nitrogens with zero attached hydrogens (tertiary/aromatic N) is 3. The number of benzene rings is 2. The summed E-state index contributed by atoms with van der Waals surface area (Å²) in [7, 11) is -2.96. The molecule has 0 unspecified atom stereocenters. The lowest BCUT2D eigenvalue weighted by atomic mass is 10.2. The van der Waals surface area contributed by atoms with E-state index >= 15 is 0 Å². The van der Waals surface area contributed by atoms with E-state index in [9.17, 15) is 21.6 Å². The molecule has 0 saturated carbocycles. The van der Waals surface area contributed by atoms with Gasteiger partial charge < -0.3 is 0 Å². The van der Waals surface area contributed by atoms with Crippen LogP contribution in [0.1, 0.15) is 11.3 Å². The van der Waals surface area contributed by atoms with Gasteiger partial charge in [-0.2, -0.15) is 13.2 Å². The zero-order valence-corrected chi connectivity index (χ0v) is 15.1. The maximum absolute atomic E-state index is 13.4. The van der Waals surface area contributed by atoms with Crippen LogP contribution in [0.15, 0.2) is 53.4 Å². The second-order valence-electron chi connectivity index (χ2n) is 5.85. The Kier molecular flexibility index (Phi) is 4.79. The first-order chi connectivity index (χ1) is 12.6. The van der Waals surface area contributed by atoms with Gasteiger partial charge in [-0.15, -0.1) is 4.83 Å². The van der Waals surface area contributed by atoms with E-state index in [1.54, 1.807) is 31.2 Å². The molecular weight excluding hydrogens is 381 g/mol. The molecule has 0 saturated heterocycles. The van der Waals surface area contributed by atoms with Crippen LogP contribution in [-0.4, -0.2) is 25.4 Å². The fourth-order valence-corrected chi connectivity index (χ4v) is 3.46. The van der Waals surface area contributed by atoms with Gasteiger partial charge in [-0.3, -0.25) is 5.01 Å². The summed E-state index contributed by atoms with van der Waals surface area (Å²) < 4.78 is 65.2. The van der Waals surface area contributed by atoms with Gasteiger partial charge in [-0.05, 0) is 31.2 Å². The molecule has 0 aliphatic heterocycles. The van der Waals surface area contributed by atoms with E-state index in [1.165, 1.54) is 24.3 Å². The molecule has 0 atom stereocenters. The van der Waals surface area contributed by atoms with E-state index in [0.29, 0.717) is 5.01 Å². The van der Waals surface area contributed by atoms with Gasteiger partial charge in [-0.25, -0.2) is 18.4 Å². The summed E-state index contributed by atoms with van der Waals surface area (Å²) in [4.78, 5) is 9.58. The summed E-state index contributed by atoms with van der Waals surface area (Å²) in [6.07, 6.45) is -4.81. The van der Waals surface area contributed by atoms with Crippen molar-refractivity contribution < 1.29 is 21.6 Å². The van der Waals surface area contributed by atoms with Crippen LogP contribution in [0.5, 0.6) is 0 Å². The SMILES string of the molecule is Cc1ccc(S(=O)(=O)NN(C)c2nc3ccccc3nc2C(F)(F)F)cc1. The molecule has 1 aromatic heterocycles. The molecule has 0 amide bonds. The van der Waals surface area contributed by atoms with Crippen molar-refractivity contribution in [2.24, 2.45) is 0 Å². The number of alkyl halides is 3. The van der Waals surface area contributed by atoms with Crippen LogP contribution in [0.3, 0.4) is 0 Å². The molecule has 142 valence electrons. The number of hydrazine groups is 1. The molecule has 6 nitrogen and oxygen atoms in total. The van der Waals surface area contributed by atoms with Crippen LogP contribution in [0, 0.1) is 6.92 Å². The van der Waals surface area contributed by atoms with Crippen LogP contribution in [0.2, 0.25) is 0 Å². The monoisotopic (exact) mass is 396 g/mol. The van der Waals surface area contributed by atoms with Crippen molar-refractivity contribution in [3.05, 3.63) is 59.8 Å². The minimum Gasteiger partial charge on any atom is -0.280 e. The van der Waals surface area contributed by atoms with Crippen molar-refractivity contribution in [2.75, 3.05) is 12.1 Å².